The first kappa shape index (κ1) is 18.1. The van der Waals surface area contributed by atoms with Crippen LogP contribution < -0.4 is 0 Å². The fourth-order valence-corrected chi connectivity index (χ4v) is 0.596. The first-order chi connectivity index (χ1) is 7.96. The molecule has 0 heterocycles. The van der Waals surface area contributed by atoms with Crippen LogP contribution in [0.5, 0.6) is 0 Å². The van der Waals surface area contributed by atoms with Crippen LogP contribution in [0.1, 0.15) is 0 Å². The number of ether oxygens (including phenoxy) is 1. The lowest BCUT2D eigenvalue weighted by atomic mass is 10.1. The van der Waals surface area contributed by atoms with Crippen molar-refractivity contribution in [3.05, 3.63) is 0 Å². The van der Waals surface area contributed by atoms with Crippen molar-refractivity contribution in [3.63, 3.8) is 0 Å². The third kappa shape index (κ3) is 3.57. The van der Waals surface area contributed by atoms with Crippen molar-refractivity contribution < 1.29 is 57.4 Å². The van der Waals surface area contributed by atoms with E-state index in [1.807, 2.05) is 0 Å². The van der Waals surface area contributed by atoms with Crippen LogP contribution in [0.4, 0.5) is 52.7 Å². The molecule has 0 aliphatic rings. The molecule has 0 aliphatic heterocycles. The molecule has 0 aromatic rings. The highest BCUT2D eigenvalue weighted by Gasteiger charge is 2.74. The molecular weight excluding hydrogens is 316 g/mol. The molecule has 0 amide bonds. The second-order valence-electron chi connectivity index (χ2n) is 3.10. The Kier molecular flexibility index (Phi) is 4.38. The van der Waals surface area contributed by atoms with Gasteiger partial charge in [0.15, 0.2) is 0 Å². The molecule has 0 fully saturated rings. The highest BCUT2D eigenvalue weighted by atomic mass is 19.4. The maximum absolute atomic E-state index is 12.6. The summed E-state index contributed by atoms with van der Waals surface area (Å²) in [4.78, 5) is 0. The van der Waals surface area contributed by atoms with Gasteiger partial charge in [-0.15, -0.1) is 0 Å². The summed E-state index contributed by atoms with van der Waals surface area (Å²) in [6.45, 7) is -3.59. The molecule has 0 saturated carbocycles. The molecule has 0 saturated heterocycles. The average Bonchev–Trinajstić information content (AvgIpc) is 2.08. The smallest absolute Gasteiger partial charge is 0.309 e. The van der Waals surface area contributed by atoms with Gasteiger partial charge in [0.25, 0.3) is 0 Å². The Morgan fingerprint density at radius 1 is 0.526 bits per heavy atom. The standard InChI is InChI=1S/C6H2F12O/c7-2(3(8,9)10,4(11,12)13)1-19-6(17,18)5(14,15)16/h1H2. The van der Waals surface area contributed by atoms with E-state index in [1.54, 1.807) is 0 Å². The fraction of sp³-hybridized carbons (Fsp3) is 1.00. The van der Waals surface area contributed by atoms with Crippen molar-refractivity contribution in [2.45, 2.75) is 30.3 Å². The Balaban J connectivity index is 5.22. The zero-order valence-corrected chi connectivity index (χ0v) is 8.15. The van der Waals surface area contributed by atoms with E-state index >= 15 is 0 Å². The molecule has 0 aromatic carbocycles. The predicted octanol–water partition coefficient (Wildman–Crippen LogP) is 3.99. The van der Waals surface area contributed by atoms with Crippen molar-refractivity contribution in [2.75, 3.05) is 6.61 Å². The summed E-state index contributed by atoms with van der Waals surface area (Å²) in [5.74, 6) is 0. The maximum Gasteiger partial charge on any atom is 0.482 e. The third-order valence-electron chi connectivity index (χ3n) is 1.68. The minimum atomic E-state index is -6.78. The van der Waals surface area contributed by atoms with Crippen molar-refractivity contribution in [1.29, 1.82) is 0 Å². The molecule has 0 radical (unpaired) electrons. The van der Waals surface area contributed by atoms with Gasteiger partial charge in [-0.2, -0.15) is 48.3 Å². The molecule has 0 aliphatic carbocycles. The highest BCUT2D eigenvalue weighted by molar-refractivity contribution is 4.95. The van der Waals surface area contributed by atoms with Gasteiger partial charge < -0.3 is 4.74 Å². The second-order valence-corrected chi connectivity index (χ2v) is 3.10. The predicted molar refractivity (Wildman–Crippen MR) is 32.9 cm³/mol. The zero-order chi connectivity index (χ0) is 15.9. The molecule has 19 heavy (non-hydrogen) atoms. The second kappa shape index (κ2) is 4.59. The molecule has 0 spiro atoms. The van der Waals surface area contributed by atoms with Gasteiger partial charge >= 0.3 is 30.3 Å². The number of hydrogen-bond acceptors (Lipinski definition) is 1. The van der Waals surface area contributed by atoms with Crippen molar-refractivity contribution in [3.8, 4) is 0 Å². The normalized spacial score (nSPS) is 15.8. The summed E-state index contributed by atoms with van der Waals surface area (Å²) in [6, 6.07) is 0. The summed E-state index contributed by atoms with van der Waals surface area (Å²) in [5.41, 5.74) is -6.35. The molecule has 0 unspecified atom stereocenters. The number of halogens is 12. The molecule has 0 atom stereocenters. The highest BCUT2D eigenvalue weighted by Crippen LogP contribution is 2.48. The van der Waals surface area contributed by atoms with Crippen LogP contribution in [0.15, 0.2) is 0 Å². The molecule has 0 bridgehead atoms. The molecule has 0 rings (SSSR count). The summed E-state index contributed by atoms with van der Waals surface area (Å²) in [7, 11) is 0. The van der Waals surface area contributed by atoms with E-state index in [-0.39, 0.29) is 0 Å². The molecule has 0 N–H and O–H groups in total. The zero-order valence-electron chi connectivity index (χ0n) is 8.15. The van der Waals surface area contributed by atoms with Crippen LogP contribution in [-0.2, 0) is 4.74 Å². The van der Waals surface area contributed by atoms with E-state index in [2.05, 4.69) is 4.74 Å². The van der Waals surface area contributed by atoms with Gasteiger partial charge in [-0.1, -0.05) is 0 Å². The van der Waals surface area contributed by atoms with Gasteiger partial charge in [0.1, 0.15) is 6.61 Å². The molecule has 13 heteroatoms. The summed E-state index contributed by atoms with van der Waals surface area (Å²) in [6.07, 6.45) is -26.5. The minimum Gasteiger partial charge on any atom is -0.309 e. The first-order valence-corrected chi connectivity index (χ1v) is 3.86. The largest absolute Gasteiger partial charge is 0.482 e. The van der Waals surface area contributed by atoms with Crippen LogP contribution in [0.2, 0.25) is 0 Å². The summed E-state index contributed by atoms with van der Waals surface area (Å²) < 4.78 is 144. The summed E-state index contributed by atoms with van der Waals surface area (Å²) >= 11 is 0. The SMILES string of the molecule is FC(F)(F)C(F)(F)OCC(F)(C(F)(F)F)C(F)(F)F. The number of hydrogen-bond donors (Lipinski definition) is 0. The number of alkyl halides is 12. The van der Waals surface area contributed by atoms with Crippen LogP contribution in [0, 0.1) is 0 Å². The van der Waals surface area contributed by atoms with E-state index in [4.69, 9.17) is 0 Å². The minimum absolute atomic E-state index is 2.14. The van der Waals surface area contributed by atoms with Crippen LogP contribution in [-0.4, -0.2) is 36.9 Å². The van der Waals surface area contributed by atoms with E-state index in [1.165, 1.54) is 0 Å². The van der Waals surface area contributed by atoms with Gasteiger partial charge in [0, 0.05) is 0 Å². The van der Waals surface area contributed by atoms with Gasteiger partial charge in [-0.05, 0) is 0 Å². The topological polar surface area (TPSA) is 9.23 Å². The quantitative estimate of drug-likeness (QED) is 0.715. The Labute approximate surface area is 95.7 Å². The van der Waals surface area contributed by atoms with Gasteiger partial charge in [0.2, 0.25) is 0 Å². The van der Waals surface area contributed by atoms with Gasteiger partial charge in [-0.25, -0.2) is 4.39 Å². The molecule has 0 aromatic heterocycles. The van der Waals surface area contributed by atoms with Gasteiger partial charge in [-0.3, -0.25) is 0 Å². The van der Waals surface area contributed by atoms with Crippen molar-refractivity contribution in [1.82, 2.24) is 0 Å². The Hall–Kier alpha value is -0.880. The lowest BCUT2D eigenvalue weighted by Gasteiger charge is -2.31. The van der Waals surface area contributed by atoms with Gasteiger partial charge in [0.05, 0.1) is 0 Å². The van der Waals surface area contributed by atoms with Crippen molar-refractivity contribution in [2.24, 2.45) is 0 Å². The van der Waals surface area contributed by atoms with E-state index in [0.717, 1.165) is 0 Å². The lowest BCUT2D eigenvalue weighted by Crippen LogP contribution is -2.58. The van der Waals surface area contributed by atoms with Crippen LogP contribution >= 0.6 is 0 Å². The van der Waals surface area contributed by atoms with E-state index in [0.29, 0.717) is 0 Å². The third-order valence-corrected chi connectivity index (χ3v) is 1.68. The Bertz CT molecular complexity index is 294. The molecular formula is C6H2F12O. The van der Waals surface area contributed by atoms with E-state index in [9.17, 15) is 52.7 Å². The lowest BCUT2D eigenvalue weighted by molar-refractivity contribution is -0.420. The van der Waals surface area contributed by atoms with E-state index < -0.39 is 36.9 Å². The first-order valence-electron chi connectivity index (χ1n) is 3.86. The fourth-order valence-electron chi connectivity index (χ4n) is 0.596. The average molecular weight is 318 g/mol. The summed E-state index contributed by atoms with van der Waals surface area (Å²) in [5, 5.41) is 0. The van der Waals surface area contributed by atoms with Crippen LogP contribution in [0.25, 0.3) is 0 Å². The number of rotatable bonds is 3. The monoisotopic (exact) mass is 318 g/mol. The molecule has 116 valence electrons. The maximum atomic E-state index is 12.6. The van der Waals surface area contributed by atoms with Crippen LogP contribution in [0.3, 0.4) is 0 Å². The van der Waals surface area contributed by atoms with Crippen molar-refractivity contribution >= 4 is 0 Å². The Morgan fingerprint density at radius 2 is 0.842 bits per heavy atom. The Morgan fingerprint density at radius 3 is 1.05 bits per heavy atom. The molecule has 1 nitrogen and oxygen atoms in total.